The second-order valence-corrected chi connectivity index (χ2v) is 6.80. The normalized spacial score (nSPS) is 15.0. The van der Waals surface area contributed by atoms with Gasteiger partial charge in [0.05, 0.1) is 22.5 Å². The van der Waals surface area contributed by atoms with Crippen molar-refractivity contribution in [2.75, 3.05) is 18.0 Å². The molecular formula is C19H19FN6O2. The van der Waals surface area contributed by atoms with Crippen LogP contribution in [0.5, 0.6) is 0 Å². The molecule has 0 unspecified atom stereocenters. The Hall–Kier alpha value is -3.36. The Morgan fingerprint density at radius 3 is 2.57 bits per heavy atom. The van der Waals surface area contributed by atoms with Gasteiger partial charge in [-0.05, 0) is 38.0 Å². The molecule has 28 heavy (non-hydrogen) atoms. The molecule has 0 spiro atoms. The highest BCUT2D eigenvalue weighted by Crippen LogP contribution is 2.24. The van der Waals surface area contributed by atoms with Crippen LogP contribution in [0.3, 0.4) is 0 Å². The third kappa shape index (κ3) is 3.68. The average Bonchev–Trinajstić information content (AvgIpc) is 3.18. The summed E-state index contributed by atoms with van der Waals surface area (Å²) in [6.45, 7) is 3.11. The van der Waals surface area contributed by atoms with E-state index in [1.54, 1.807) is 23.0 Å². The molecule has 1 fully saturated rings. The maximum Gasteiger partial charge on any atom is 0.269 e. The second kappa shape index (κ2) is 7.34. The van der Waals surface area contributed by atoms with Crippen molar-refractivity contribution in [2.24, 2.45) is 0 Å². The van der Waals surface area contributed by atoms with Crippen molar-refractivity contribution in [1.29, 1.82) is 0 Å². The summed E-state index contributed by atoms with van der Waals surface area (Å²) in [5.41, 5.74) is 3.12. The second-order valence-electron chi connectivity index (χ2n) is 6.80. The minimum atomic E-state index is -0.750. The third-order valence-electron chi connectivity index (χ3n) is 4.75. The van der Waals surface area contributed by atoms with E-state index in [-0.39, 0.29) is 5.69 Å². The highest BCUT2D eigenvalue weighted by molar-refractivity contribution is 5.60. The summed E-state index contributed by atoms with van der Waals surface area (Å²) in [5.74, 6) is 0.602. The predicted octanol–water partition coefficient (Wildman–Crippen LogP) is 3.48. The molecule has 0 saturated carbocycles. The summed E-state index contributed by atoms with van der Waals surface area (Å²) in [5, 5.41) is 15.1. The summed E-state index contributed by atoms with van der Waals surface area (Å²) >= 11 is 0. The summed E-state index contributed by atoms with van der Waals surface area (Å²) in [6, 6.07) is 8.05. The fourth-order valence-electron chi connectivity index (χ4n) is 3.21. The molecule has 8 nitrogen and oxygen atoms in total. The van der Waals surface area contributed by atoms with Crippen LogP contribution >= 0.6 is 0 Å². The van der Waals surface area contributed by atoms with Gasteiger partial charge in [-0.1, -0.05) is 0 Å². The Balaban J connectivity index is 1.60. The van der Waals surface area contributed by atoms with E-state index >= 15 is 0 Å². The van der Waals surface area contributed by atoms with E-state index in [2.05, 4.69) is 15.1 Å². The maximum absolute atomic E-state index is 13.4. The molecule has 0 aliphatic carbocycles. The van der Waals surface area contributed by atoms with Crippen LogP contribution in [-0.2, 0) is 0 Å². The Bertz CT molecular complexity index is 996. The van der Waals surface area contributed by atoms with Crippen molar-refractivity contribution in [3.05, 3.63) is 58.5 Å². The zero-order valence-corrected chi connectivity index (χ0v) is 15.3. The molecule has 0 radical (unpaired) electrons. The van der Waals surface area contributed by atoms with Gasteiger partial charge in [0, 0.05) is 42.7 Å². The molecule has 0 N–H and O–H groups in total. The number of benzene rings is 1. The Morgan fingerprint density at radius 1 is 1.18 bits per heavy atom. The van der Waals surface area contributed by atoms with Gasteiger partial charge < -0.3 is 4.90 Å². The molecule has 1 aliphatic rings. The summed E-state index contributed by atoms with van der Waals surface area (Å²) in [6.07, 6.45) is 3.75. The lowest BCUT2D eigenvalue weighted by Gasteiger charge is -2.28. The summed E-state index contributed by atoms with van der Waals surface area (Å²) < 4.78 is 15.1. The Labute approximate surface area is 160 Å². The standard InChI is InChI=1S/C19H19FN6O2/c1-13-10-18(23-19(22-13)24-8-6-15(20)7-9-24)14-11-21-25(12-14)16-2-4-17(5-3-16)26(27)28/h2-5,10-12,15H,6-9H2,1H3. The van der Waals surface area contributed by atoms with E-state index in [9.17, 15) is 14.5 Å². The first-order valence-corrected chi connectivity index (χ1v) is 9.04. The zero-order chi connectivity index (χ0) is 19.7. The minimum absolute atomic E-state index is 0.0317. The summed E-state index contributed by atoms with van der Waals surface area (Å²) in [7, 11) is 0. The number of rotatable bonds is 4. The zero-order valence-electron chi connectivity index (χ0n) is 15.3. The first kappa shape index (κ1) is 18.0. The van der Waals surface area contributed by atoms with E-state index in [0.29, 0.717) is 37.6 Å². The average molecular weight is 382 g/mol. The van der Waals surface area contributed by atoms with Crippen LogP contribution in [0.4, 0.5) is 16.0 Å². The highest BCUT2D eigenvalue weighted by Gasteiger charge is 2.21. The molecule has 3 aromatic rings. The van der Waals surface area contributed by atoms with Crippen molar-refractivity contribution in [3.8, 4) is 16.9 Å². The number of halogens is 1. The molecule has 1 aromatic carbocycles. The smallest absolute Gasteiger partial charge is 0.269 e. The third-order valence-corrected chi connectivity index (χ3v) is 4.75. The molecular weight excluding hydrogens is 363 g/mol. The van der Waals surface area contributed by atoms with Crippen LogP contribution in [0.2, 0.25) is 0 Å². The molecule has 9 heteroatoms. The SMILES string of the molecule is Cc1cc(-c2cnn(-c3ccc([N+](=O)[O-])cc3)c2)nc(N2CCC(F)CC2)n1. The van der Waals surface area contributed by atoms with Crippen molar-refractivity contribution < 1.29 is 9.31 Å². The minimum Gasteiger partial charge on any atom is -0.341 e. The van der Waals surface area contributed by atoms with E-state index in [1.165, 1.54) is 12.1 Å². The van der Waals surface area contributed by atoms with E-state index < -0.39 is 11.1 Å². The number of piperidine rings is 1. The fourth-order valence-corrected chi connectivity index (χ4v) is 3.21. The number of hydrogen-bond acceptors (Lipinski definition) is 6. The van der Waals surface area contributed by atoms with Crippen LogP contribution in [0, 0.1) is 17.0 Å². The van der Waals surface area contributed by atoms with Gasteiger partial charge in [0.2, 0.25) is 5.95 Å². The van der Waals surface area contributed by atoms with Gasteiger partial charge in [-0.25, -0.2) is 19.0 Å². The van der Waals surface area contributed by atoms with Crippen molar-refractivity contribution in [3.63, 3.8) is 0 Å². The van der Waals surface area contributed by atoms with Crippen molar-refractivity contribution >= 4 is 11.6 Å². The number of aromatic nitrogens is 4. The number of nitrogens with zero attached hydrogens (tertiary/aromatic N) is 6. The lowest BCUT2D eigenvalue weighted by molar-refractivity contribution is -0.384. The van der Waals surface area contributed by atoms with Crippen LogP contribution in [-0.4, -0.2) is 43.9 Å². The largest absolute Gasteiger partial charge is 0.341 e. The molecule has 2 aromatic heterocycles. The topological polar surface area (TPSA) is 90.0 Å². The van der Waals surface area contributed by atoms with Crippen LogP contribution in [0.25, 0.3) is 16.9 Å². The summed E-state index contributed by atoms with van der Waals surface area (Å²) in [4.78, 5) is 21.5. The molecule has 4 rings (SSSR count). The van der Waals surface area contributed by atoms with Gasteiger partial charge in [-0.3, -0.25) is 10.1 Å². The van der Waals surface area contributed by atoms with E-state index in [4.69, 9.17) is 0 Å². The van der Waals surface area contributed by atoms with Crippen LogP contribution < -0.4 is 4.90 Å². The monoisotopic (exact) mass is 382 g/mol. The molecule has 0 amide bonds. The molecule has 0 atom stereocenters. The lowest BCUT2D eigenvalue weighted by Crippen LogP contribution is -2.35. The van der Waals surface area contributed by atoms with Gasteiger partial charge in [0.15, 0.2) is 0 Å². The number of aryl methyl sites for hydroxylation is 1. The number of anilines is 1. The number of hydrogen-bond donors (Lipinski definition) is 0. The Kier molecular flexibility index (Phi) is 4.72. The number of alkyl halides is 1. The van der Waals surface area contributed by atoms with E-state index in [1.807, 2.05) is 24.1 Å². The number of non-ortho nitro benzene ring substituents is 1. The Morgan fingerprint density at radius 2 is 1.89 bits per heavy atom. The molecule has 144 valence electrons. The molecule has 1 saturated heterocycles. The van der Waals surface area contributed by atoms with Crippen LogP contribution in [0.15, 0.2) is 42.7 Å². The van der Waals surface area contributed by atoms with Crippen molar-refractivity contribution in [2.45, 2.75) is 25.9 Å². The first-order chi connectivity index (χ1) is 13.5. The maximum atomic E-state index is 13.4. The highest BCUT2D eigenvalue weighted by atomic mass is 19.1. The molecule has 0 bridgehead atoms. The predicted molar refractivity (Wildman–Crippen MR) is 102 cm³/mol. The van der Waals surface area contributed by atoms with Crippen LogP contribution in [0.1, 0.15) is 18.5 Å². The van der Waals surface area contributed by atoms with Gasteiger partial charge in [-0.15, -0.1) is 0 Å². The first-order valence-electron chi connectivity index (χ1n) is 9.04. The van der Waals surface area contributed by atoms with Gasteiger partial charge in [0.1, 0.15) is 6.17 Å². The van der Waals surface area contributed by atoms with Gasteiger partial charge in [0.25, 0.3) is 5.69 Å². The van der Waals surface area contributed by atoms with Crippen molar-refractivity contribution in [1.82, 2.24) is 19.7 Å². The number of nitro benzene ring substituents is 1. The van der Waals surface area contributed by atoms with Gasteiger partial charge in [-0.2, -0.15) is 5.10 Å². The van der Waals surface area contributed by atoms with E-state index in [0.717, 1.165) is 17.0 Å². The fraction of sp³-hybridized carbons (Fsp3) is 0.316. The number of nitro groups is 1. The van der Waals surface area contributed by atoms with Gasteiger partial charge >= 0.3 is 0 Å². The molecule has 3 heterocycles. The quantitative estimate of drug-likeness (QED) is 0.507. The lowest BCUT2D eigenvalue weighted by atomic mass is 10.1. The molecule has 1 aliphatic heterocycles.